The zero-order valence-corrected chi connectivity index (χ0v) is 9.19. The molecule has 0 aromatic heterocycles. The molecule has 0 radical (unpaired) electrons. The van der Waals surface area contributed by atoms with Crippen molar-refractivity contribution in [3.8, 4) is 0 Å². The Morgan fingerprint density at radius 3 is 2.40 bits per heavy atom. The van der Waals surface area contributed by atoms with Gasteiger partial charge in [-0.05, 0) is 24.9 Å². The Balaban J connectivity index is 0.000000288. The molecule has 0 saturated carbocycles. The molecular formula is C12H19NO2. The van der Waals surface area contributed by atoms with Crippen LogP contribution in [0.5, 0.6) is 0 Å². The van der Waals surface area contributed by atoms with Crippen molar-refractivity contribution in [2.75, 3.05) is 13.2 Å². The molecule has 1 aromatic carbocycles. The third-order valence-electron chi connectivity index (χ3n) is 1.67. The van der Waals surface area contributed by atoms with E-state index in [0.29, 0.717) is 13.1 Å². The number of nitrogens with two attached hydrogens (primary N) is 1. The maximum absolute atomic E-state index is 9.34. The molecular weight excluding hydrogens is 190 g/mol. The van der Waals surface area contributed by atoms with Gasteiger partial charge >= 0.3 is 0 Å². The summed E-state index contributed by atoms with van der Waals surface area (Å²) in [6.45, 7) is 3.69. The number of carbonyl (C=O) groups is 1. The van der Waals surface area contributed by atoms with Crippen LogP contribution in [0.3, 0.4) is 0 Å². The number of carbonyl (C=O) groups excluding carboxylic acids is 1. The Bertz CT molecular complexity index is 237. The highest BCUT2D eigenvalue weighted by Gasteiger charge is 1.84. The van der Waals surface area contributed by atoms with Gasteiger partial charge in [-0.2, -0.15) is 0 Å². The van der Waals surface area contributed by atoms with E-state index in [1.807, 2.05) is 25.1 Å². The minimum atomic E-state index is 0.462. The first-order chi connectivity index (χ1) is 7.35. The van der Waals surface area contributed by atoms with Gasteiger partial charge in [0.1, 0.15) is 0 Å². The molecule has 0 atom stereocenters. The van der Waals surface area contributed by atoms with E-state index in [-0.39, 0.29) is 0 Å². The van der Waals surface area contributed by atoms with E-state index in [0.717, 1.165) is 19.4 Å². The van der Waals surface area contributed by atoms with Gasteiger partial charge in [-0.3, -0.25) is 4.79 Å². The molecule has 0 amide bonds. The summed E-state index contributed by atoms with van der Waals surface area (Å²) >= 11 is 0. The first kappa shape index (κ1) is 13.7. The molecule has 0 heterocycles. The Kier molecular flexibility index (Phi) is 9.76. The fraction of sp³-hybridized carbons (Fsp3) is 0.417. The van der Waals surface area contributed by atoms with Crippen LogP contribution in [0, 0.1) is 0 Å². The van der Waals surface area contributed by atoms with Crippen LogP contribution in [0.2, 0.25) is 0 Å². The first-order valence-electron chi connectivity index (χ1n) is 5.14. The number of hydrogen-bond donors (Lipinski definition) is 1. The Hall–Kier alpha value is -1.35. The predicted molar refractivity (Wildman–Crippen MR) is 61.5 cm³/mol. The summed E-state index contributed by atoms with van der Waals surface area (Å²) in [6.07, 6.45) is 1.89. The van der Waals surface area contributed by atoms with Crippen LogP contribution in [0.4, 0.5) is 0 Å². The van der Waals surface area contributed by atoms with Crippen molar-refractivity contribution in [3.63, 3.8) is 0 Å². The Morgan fingerprint density at radius 2 is 2.00 bits per heavy atom. The van der Waals surface area contributed by atoms with Crippen LogP contribution in [0.1, 0.15) is 18.9 Å². The molecule has 0 aliphatic rings. The second kappa shape index (κ2) is 10.7. The van der Waals surface area contributed by atoms with Gasteiger partial charge in [0.25, 0.3) is 6.47 Å². The summed E-state index contributed by atoms with van der Waals surface area (Å²) in [5, 5.41) is 0. The molecule has 15 heavy (non-hydrogen) atoms. The highest BCUT2D eigenvalue weighted by Crippen LogP contribution is 1.96. The van der Waals surface area contributed by atoms with Crippen LogP contribution in [-0.4, -0.2) is 19.6 Å². The van der Waals surface area contributed by atoms with Crippen LogP contribution in [0.25, 0.3) is 0 Å². The predicted octanol–water partition coefficient (Wildman–Crippen LogP) is 1.76. The van der Waals surface area contributed by atoms with Gasteiger partial charge < -0.3 is 10.5 Å². The molecule has 84 valence electrons. The molecule has 0 saturated heterocycles. The van der Waals surface area contributed by atoms with E-state index in [4.69, 9.17) is 5.73 Å². The van der Waals surface area contributed by atoms with Crippen LogP contribution < -0.4 is 5.73 Å². The van der Waals surface area contributed by atoms with Gasteiger partial charge in [0.05, 0.1) is 6.61 Å². The quantitative estimate of drug-likeness (QED) is 0.594. The lowest BCUT2D eigenvalue weighted by Crippen LogP contribution is -2.01. The van der Waals surface area contributed by atoms with Gasteiger partial charge in [-0.15, -0.1) is 0 Å². The van der Waals surface area contributed by atoms with E-state index in [2.05, 4.69) is 16.9 Å². The van der Waals surface area contributed by atoms with E-state index in [1.54, 1.807) is 0 Å². The monoisotopic (exact) mass is 209 g/mol. The first-order valence-corrected chi connectivity index (χ1v) is 5.14. The van der Waals surface area contributed by atoms with Crippen molar-refractivity contribution in [2.24, 2.45) is 5.73 Å². The summed E-state index contributed by atoms with van der Waals surface area (Å²) in [5.74, 6) is 0. The minimum Gasteiger partial charge on any atom is -0.468 e. The van der Waals surface area contributed by atoms with Crippen molar-refractivity contribution in [1.82, 2.24) is 0 Å². The minimum absolute atomic E-state index is 0.462. The summed E-state index contributed by atoms with van der Waals surface area (Å²) in [7, 11) is 0. The average molecular weight is 209 g/mol. The average Bonchev–Trinajstić information content (AvgIpc) is 2.29. The van der Waals surface area contributed by atoms with Crippen molar-refractivity contribution >= 4 is 6.47 Å². The lowest BCUT2D eigenvalue weighted by molar-refractivity contribution is -0.128. The van der Waals surface area contributed by atoms with Crippen molar-refractivity contribution in [1.29, 1.82) is 0 Å². The molecule has 3 nitrogen and oxygen atoms in total. The van der Waals surface area contributed by atoms with E-state index >= 15 is 0 Å². The maximum Gasteiger partial charge on any atom is 0.293 e. The van der Waals surface area contributed by atoms with Crippen LogP contribution in [-0.2, 0) is 16.0 Å². The van der Waals surface area contributed by atoms with Crippen molar-refractivity contribution in [3.05, 3.63) is 35.9 Å². The highest BCUT2D eigenvalue weighted by atomic mass is 16.5. The molecule has 2 N–H and O–H groups in total. The van der Waals surface area contributed by atoms with Crippen LogP contribution >= 0.6 is 0 Å². The number of hydrogen-bond acceptors (Lipinski definition) is 3. The van der Waals surface area contributed by atoms with Gasteiger partial charge in [-0.1, -0.05) is 37.3 Å². The fourth-order valence-corrected chi connectivity index (χ4v) is 0.977. The summed E-state index contributed by atoms with van der Waals surface area (Å²) in [4.78, 5) is 9.34. The lowest BCUT2D eigenvalue weighted by atomic mass is 10.2. The standard InChI is InChI=1S/C8H11N.C4H8O2/c9-7-6-8-4-2-1-3-5-8;1-2-3-6-4-5/h1-5H,6-7,9H2;4H,2-3H2,1H3. The number of rotatable bonds is 5. The Morgan fingerprint density at radius 1 is 1.33 bits per heavy atom. The van der Waals surface area contributed by atoms with Gasteiger partial charge in [0.15, 0.2) is 0 Å². The summed E-state index contributed by atoms with van der Waals surface area (Å²) in [5.41, 5.74) is 6.68. The largest absolute Gasteiger partial charge is 0.468 e. The van der Waals surface area contributed by atoms with Gasteiger partial charge in [0.2, 0.25) is 0 Å². The summed E-state index contributed by atoms with van der Waals surface area (Å²) in [6, 6.07) is 10.3. The molecule has 1 rings (SSSR count). The molecule has 0 bridgehead atoms. The lowest BCUT2D eigenvalue weighted by Gasteiger charge is -1.93. The third-order valence-corrected chi connectivity index (χ3v) is 1.67. The zero-order valence-electron chi connectivity index (χ0n) is 9.19. The second-order valence-corrected chi connectivity index (χ2v) is 2.99. The Labute approximate surface area is 91.2 Å². The molecule has 0 aliphatic carbocycles. The fourth-order valence-electron chi connectivity index (χ4n) is 0.977. The van der Waals surface area contributed by atoms with Crippen molar-refractivity contribution in [2.45, 2.75) is 19.8 Å². The number of benzene rings is 1. The van der Waals surface area contributed by atoms with Crippen molar-refractivity contribution < 1.29 is 9.53 Å². The SMILES string of the molecule is CCCOC=O.NCCc1ccccc1. The van der Waals surface area contributed by atoms with Crippen LogP contribution in [0.15, 0.2) is 30.3 Å². The molecule has 1 aromatic rings. The molecule has 0 fully saturated rings. The smallest absolute Gasteiger partial charge is 0.293 e. The van der Waals surface area contributed by atoms with Gasteiger partial charge in [0, 0.05) is 0 Å². The van der Waals surface area contributed by atoms with Gasteiger partial charge in [-0.25, -0.2) is 0 Å². The normalized spacial score (nSPS) is 8.67. The highest BCUT2D eigenvalue weighted by molar-refractivity contribution is 5.36. The van der Waals surface area contributed by atoms with E-state index in [1.165, 1.54) is 5.56 Å². The molecule has 0 aliphatic heterocycles. The molecule has 0 unspecified atom stereocenters. The molecule has 3 heteroatoms. The second-order valence-electron chi connectivity index (χ2n) is 2.99. The number of ether oxygens (including phenoxy) is 1. The third kappa shape index (κ3) is 8.97. The topological polar surface area (TPSA) is 52.3 Å². The zero-order chi connectivity index (χ0) is 11.4. The maximum atomic E-state index is 9.34. The van der Waals surface area contributed by atoms with E-state index < -0.39 is 0 Å². The molecule has 0 spiro atoms. The summed E-state index contributed by atoms with van der Waals surface area (Å²) < 4.78 is 4.30. The van der Waals surface area contributed by atoms with E-state index in [9.17, 15) is 4.79 Å².